The Labute approximate surface area is 139 Å². The second-order valence-electron chi connectivity index (χ2n) is 5.92. The third kappa shape index (κ3) is 3.80. The number of amides is 1. The van der Waals surface area contributed by atoms with Gasteiger partial charge in [-0.1, -0.05) is 0 Å². The fraction of sp³-hybridized carbons (Fsp3) is 0.500. The van der Waals surface area contributed by atoms with E-state index < -0.39 is 0 Å². The van der Waals surface area contributed by atoms with E-state index in [1.54, 1.807) is 25.0 Å². The van der Waals surface area contributed by atoms with Crippen LogP contribution in [0.25, 0.3) is 10.6 Å². The molecule has 2 N–H and O–H groups in total. The summed E-state index contributed by atoms with van der Waals surface area (Å²) in [5.41, 5.74) is 1.36. The number of furan rings is 1. The van der Waals surface area contributed by atoms with Gasteiger partial charge in [0, 0.05) is 30.0 Å². The Balaban J connectivity index is 1.62. The number of carbonyl (C=O) groups excluding carboxylic acids is 1. The van der Waals surface area contributed by atoms with Gasteiger partial charge in [0.05, 0.1) is 12.9 Å². The smallest absolute Gasteiger partial charge is 0.270 e. The number of piperidine rings is 1. The van der Waals surface area contributed by atoms with Gasteiger partial charge in [0.15, 0.2) is 0 Å². The Bertz CT molecular complexity index is 627. The van der Waals surface area contributed by atoms with Gasteiger partial charge in [-0.3, -0.25) is 4.79 Å². The molecule has 1 aliphatic heterocycles. The van der Waals surface area contributed by atoms with Gasteiger partial charge in [-0.25, -0.2) is 4.98 Å². The molecule has 6 nitrogen and oxygen atoms in total. The SMILES string of the molecule is COCC1(CNC(=O)c2csc(-c3ccoc3)n2)CCNCC1. The van der Waals surface area contributed by atoms with Crippen LogP contribution in [0.1, 0.15) is 23.3 Å². The quantitative estimate of drug-likeness (QED) is 0.846. The molecule has 7 heteroatoms. The fourth-order valence-corrected chi connectivity index (χ4v) is 3.68. The molecule has 0 spiro atoms. The topological polar surface area (TPSA) is 76.4 Å². The van der Waals surface area contributed by atoms with E-state index in [2.05, 4.69) is 15.6 Å². The third-order valence-corrected chi connectivity index (χ3v) is 5.13. The van der Waals surface area contributed by atoms with Crippen LogP contribution in [0.3, 0.4) is 0 Å². The van der Waals surface area contributed by atoms with E-state index in [-0.39, 0.29) is 11.3 Å². The minimum atomic E-state index is -0.134. The van der Waals surface area contributed by atoms with Gasteiger partial charge < -0.3 is 19.8 Å². The average Bonchev–Trinajstić information content (AvgIpc) is 3.25. The Morgan fingerprint density at radius 1 is 1.52 bits per heavy atom. The van der Waals surface area contributed by atoms with Crippen LogP contribution in [0.2, 0.25) is 0 Å². The normalized spacial score (nSPS) is 17.1. The minimum absolute atomic E-state index is 0.0130. The first-order chi connectivity index (χ1) is 11.2. The number of hydrogen-bond donors (Lipinski definition) is 2. The van der Waals surface area contributed by atoms with Crippen molar-refractivity contribution < 1.29 is 13.9 Å². The summed E-state index contributed by atoms with van der Waals surface area (Å²) in [6.07, 6.45) is 5.22. The number of ether oxygens (including phenoxy) is 1. The van der Waals surface area contributed by atoms with Crippen molar-refractivity contribution in [2.24, 2.45) is 5.41 Å². The van der Waals surface area contributed by atoms with E-state index in [1.807, 2.05) is 6.07 Å². The summed E-state index contributed by atoms with van der Waals surface area (Å²) in [4.78, 5) is 16.8. The van der Waals surface area contributed by atoms with E-state index in [1.165, 1.54) is 11.3 Å². The summed E-state index contributed by atoms with van der Waals surface area (Å²) >= 11 is 1.44. The van der Waals surface area contributed by atoms with Crippen molar-refractivity contribution in [2.75, 3.05) is 33.4 Å². The molecule has 1 saturated heterocycles. The molecular formula is C16H21N3O3S. The number of thiazole rings is 1. The fourth-order valence-electron chi connectivity index (χ4n) is 2.89. The standard InChI is InChI=1S/C16H21N3O3S/c1-21-11-16(3-5-17-6-4-16)10-18-14(20)13-9-23-15(19-13)12-2-7-22-8-12/h2,7-9,17H,3-6,10-11H2,1H3,(H,18,20). The highest BCUT2D eigenvalue weighted by Gasteiger charge is 2.32. The molecule has 3 rings (SSSR count). The number of nitrogens with zero attached hydrogens (tertiary/aromatic N) is 1. The van der Waals surface area contributed by atoms with Crippen molar-refractivity contribution in [1.82, 2.24) is 15.6 Å². The van der Waals surface area contributed by atoms with Crippen molar-refractivity contribution in [3.63, 3.8) is 0 Å². The first kappa shape index (κ1) is 16.2. The second kappa shape index (κ2) is 7.25. The van der Waals surface area contributed by atoms with Crippen molar-refractivity contribution in [1.29, 1.82) is 0 Å². The van der Waals surface area contributed by atoms with Crippen LogP contribution < -0.4 is 10.6 Å². The van der Waals surface area contributed by atoms with E-state index in [9.17, 15) is 4.79 Å². The molecule has 1 aliphatic rings. The van der Waals surface area contributed by atoms with Gasteiger partial charge in [0.25, 0.3) is 5.91 Å². The Hall–Kier alpha value is -1.70. The monoisotopic (exact) mass is 335 g/mol. The van der Waals surface area contributed by atoms with Gasteiger partial charge in [-0.2, -0.15) is 0 Å². The maximum Gasteiger partial charge on any atom is 0.270 e. The molecule has 0 aromatic carbocycles. The lowest BCUT2D eigenvalue weighted by Crippen LogP contribution is -2.47. The summed E-state index contributed by atoms with van der Waals surface area (Å²) in [7, 11) is 1.71. The molecule has 0 unspecified atom stereocenters. The van der Waals surface area contributed by atoms with Crippen LogP contribution >= 0.6 is 11.3 Å². The van der Waals surface area contributed by atoms with Crippen LogP contribution in [0.4, 0.5) is 0 Å². The Morgan fingerprint density at radius 2 is 2.35 bits per heavy atom. The first-order valence-corrected chi connectivity index (χ1v) is 8.56. The van der Waals surface area contributed by atoms with Crippen LogP contribution in [-0.4, -0.2) is 44.2 Å². The number of rotatable bonds is 6. The predicted octanol–water partition coefficient (Wildman–Crippen LogP) is 2.15. The lowest BCUT2D eigenvalue weighted by molar-refractivity contribution is 0.0511. The predicted molar refractivity (Wildman–Crippen MR) is 88.6 cm³/mol. The van der Waals surface area contributed by atoms with Gasteiger partial charge in [0.1, 0.15) is 17.0 Å². The number of hydrogen-bond acceptors (Lipinski definition) is 6. The molecule has 0 radical (unpaired) electrons. The maximum absolute atomic E-state index is 12.4. The molecule has 2 aromatic heterocycles. The van der Waals surface area contributed by atoms with Crippen molar-refractivity contribution >= 4 is 17.2 Å². The molecule has 1 amide bonds. The highest BCUT2D eigenvalue weighted by molar-refractivity contribution is 7.13. The summed E-state index contributed by atoms with van der Waals surface area (Å²) < 4.78 is 10.4. The zero-order valence-corrected chi connectivity index (χ0v) is 13.9. The summed E-state index contributed by atoms with van der Waals surface area (Å²) in [5.74, 6) is -0.134. The largest absolute Gasteiger partial charge is 0.472 e. The molecule has 2 aromatic rings. The van der Waals surface area contributed by atoms with Crippen molar-refractivity contribution in [2.45, 2.75) is 12.8 Å². The van der Waals surface area contributed by atoms with Crippen LogP contribution in [0.5, 0.6) is 0 Å². The van der Waals surface area contributed by atoms with Gasteiger partial charge in [-0.15, -0.1) is 11.3 Å². The molecule has 124 valence electrons. The lowest BCUT2D eigenvalue weighted by atomic mass is 9.79. The number of nitrogens with one attached hydrogen (secondary N) is 2. The van der Waals surface area contributed by atoms with Crippen LogP contribution in [0, 0.1) is 5.41 Å². The minimum Gasteiger partial charge on any atom is -0.472 e. The second-order valence-corrected chi connectivity index (χ2v) is 6.77. The van der Waals surface area contributed by atoms with Gasteiger partial charge in [0.2, 0.25) is 0 Å². The van der Waals surface area contributed by atoms with Crippen molar-refractivity contribution in [3.8, 4) is 10.6 Å². The van der Waals surface area contributed by atoms with Gasteiger partial charge >= 0.3 is 0 Å². The van der Waals surface area contributed by atoms with E-state index >= 15 is 0 Å². The average molecular weight is 335 g/mol. The molecule has 3 heterocycles. The van der Waals surface area contributed by atoms with E-state index in [0.29, 0.717) is 18.8 Å². The molecule has 0 bridgehead atoms. The van der Waals surface area contributed by atoms with Crippen molar-refractivity contribution in [3.05, 3.63) is 29.7 Å². The summed E-state index contributed by atoms with van der Waals surface area (Å²) in [6.45, 7) is 3.19. The van der Waals surface area contributed by atoms with Crippen LogP contribution in [-0.2, 0) is 4.74 Å². The highest BCUT2D eigenvalue weighted by atomic mass is 32.1. The summed E-state index contributed by atoms with van der Waals surface area (Å²) in [5, 5.41) is 8.95. The number of aromatic nitrogens is 1. The zero-order valence-electron chi connectivity index (χ0n) is 13.1. The molecular weight excluding hydrogens is 314 g/mol. The van der Waals surface area contributed by atoms with Gasteiger partial charge in [-0.05, 0) is 32.0 Å². The Morgan fingerprint density at radius 3 is 3.04 bits per heavy atom. The van der Waals surface area contributed by atoms with E-state index in [4.69, 9.17) is 9.15 Å². The number of methoxy groups -OCH3 is 1. The maximum atomic E-state index is 12.4. The lowest BCUT2D eigenvalue weighted by Gasteiger charge is -2.37. The molecule has 0 atom stereocenters. The summed E-state index contributed by atoms with van der Waals surface area (Å²) in [6, 6.07) is 1.84. The highest BCUT2D eigenvalue weighted by Crippen LogP contribution is 2.28. The molecule has 1 fully saturated rings. The first-order valence-electron chi connectivity index (χ1n) is 7.68. The third-order valence-electron chi connectivity index (χ3n) is 4.24. The molecule has 23 heavy (non-hydrogen) atoms. The Kier molecular flexibility index (Phi) is 5.09. The van der Waals surface area contributed by atoms with Crippen LogP contribution in [0.15, 0.2) is 28.4 Å². The molecule has 0 aliphatic carbocycles. The number of carbonyl (C=O) groups is 1. The zero-order chi connectivity index (χ0) is 16.1. The molecule has 0 saturated carbocycles. The van der Waals surface area contributed by atoms with E-state index in [0.717, 1.165) is 36.5 Å².